The van der Waals surface area contributed by atoms with E-state index in [4.69, 9.17) is 34.3 Å². The standard InChI is InChI=1S/C11H33N3O7Si3/c1-18-23(17,10-4-7-13)21-24(19-2,11-5-8-14)20-22(15,16)9-3-6-12/h15-17H,3-14H2,1-2H3. The first-order valence-corrected chi connectivity index (χ1v) is 13.9. The SMILES string of the molecule is CO[Si](O)(CCCN)O[Si](CCCN)(OC)O[Si](O)(O)CCCN. The van der Waals surface area contributed by atoms with Crippen LogP contribution in [-0.4, -0.2) is 74.7 Å². The molecule has 0 aliphatic carbocycles. The summed E-state index contributed by atoms with van der Waals surface area (Å²) in [7, 11) is -8.58. The molecule has 0 aromatic carbocycles. The lowest BCUT2D eigenvalue weighted by molar-refractivity contribution is 0.0949. The molecule has 0 saturated carbocycles. The minimum Gasteiger partial charge on any atom is -0.390 e. The smallest absolute Gasteiger partial charge is 0.390 e. The minimum atomic E-state index is -4.05. The van der Waals surface area contributed by atoms with Gasteiger partial charge in [0.15, 0.2) is 0 Å². The maximum Gasteiger partial charge on any atom is 0.490 e. The Hall–Kier alpha value is 0.251. The number of hydrogen-bond donors (Lipinski definition) is 6. The summed E-state index contributed by atoms with van der Waals surface area (Å²) in [6, 6.07) is 0.474. The highest BCUT2D eigenvalue weighted by Crippen LogP contribution is 2.27. The van der Waals surface area contributed by atoms with Crippen molar-refractivity contribution >= 4 is 26.4 Å². The summed E-state index contributed by atoms with van der Waals surface area (Å²) in [5, 5.41) is 0. The van der Waals surface area contributed by atoms with Crippen LogP contribution in [0.2, 0.25) is 18.1 Å². The molecule has 13 heteroatoms. The number of rotatable bonds is 15. The van der Waals surface area contributed by atoms with Crippen molar-refractivity contribution in [3.63, 3.8) is 0 Å². The van der Waals surface area contributed by atoms with E-state index in [0.29, 0.717) is 38.9 Å². The summed E-state index contributed by atoms with van der Waals surface area (Å²) >= 11 is 0. The van der Waals surface area contributed by atoms with Gasteiger partial charge in [-0.25, -0.2) is 0 Å². The molecule has 0 saturated heterocycles. The van der Waals surface area contributed by atoms with Crippen molar-refractivity contribution in [3.8, 4) is 0 Å². The highest BCUT2D eigenvalue weighted by atomic mass is 28.5. The van der Waals surface area contributed by atoms with E-state index in [0.717, 1.165) is 0 Å². The number of hydrogen-bond acceptors (Lipinski definition) is 10. The molecule has 0 aliphatic rings. The van der Waals surface area contributed by atoms with Crippen LogP contribution in [0.25, 0.3) is 0 Å². The second-order valence-electron chi connectivity index (χ2n) is 5.43. The molecule has 0 heterocycles. The Morgan fingerprint density at radius 3 is 1.67 bits per heavy atom. The van der Waals surface area contributed by atoms with Crippen LogP contribution >= 0.6 is 0 Å². The van der Waals surface area contributed by atoms with Crippen molar-refractivity contribution < 1.29 is 31.5 Å². The predicted octanol–water partition coefficient (Wildman–Crippen LogP) is -1.85. The van der Waals surface area contributed by atoms with Crippen molar-refractivity contribution in [2.75, 3.05) is 33.9 Å². The van der Waals surface area contributed by atoms with Crippen LogP contribution < -0.4 is 17.2 Å². The lowest BCUT2D eigenvalue weighted by Gasteiger charge is -2.37. The van der Waals surface area contributed by atoms with Crippen molar-refractivity contribution in [1.29, 1.82) is 0 Å². The monoisotopic (exact) mass is 403 g/mol. The summed E-state index contributed by atoms with van der Waals surface area (Å²) in [5.41, 5.74) is 16.4. The molecule has 2 atom stereocenters. The van der Waals surface area contributed by atoms with Gasteiger partial charge in [0.2, 0.25) is 0 Å². The van der Waals surface area contributed by atoms with E-state index in [9.17, 15) is 14.4 Å². The van der Waals surface area contributed by atoms with Gasteiger partial charge < -0.3 is 48.7 Å². The third-order valence-corrected chi connectivity index (χ3v) is 12.6. The van der Waals surface area contributed by atoms with Gasteiger partial charge in [-0.2, -0.15) is 0 Å². The summed E-state index contributed by atoms with van der Waals surface area (Å²) in [5.74, 6) is 0. The predicted molar refractivity (Wildman–Crippen MR) is 95.5 cm³/mol. The molecule has 0 spiro atoms. The fourth-order valence-corrected chi connectivity index (χ4v) is 11.5. The zero-order valence-electron chi connectivity index (χ0n) is 14.6. The zero-order valence-corrected chi connectivity index (χ0v) is 17.6. The fourth-order valence-electron chi connectivity index (χ4n) is 2.02. The van der Waals surface area contributed by atoms with E-state index >= 15 is 0 Å². The van der Waals surface area contributed by atoms with Crippen LogP contribution in [0, 0.1) is 0 Å². The molecule has 9 N–H and O–H groups in total. The van der Waals surface area contributed by atoms with Crippen molar-refractivity contribution in [3.05, 3.63) is 0 Å². The van der Waals surface area contributed by atoms with Crippen LogP contribution in [0.15, 0.2) is 0 Å². The highest BCUT2D eigenvalue weighted by Gasteiger charge is 2.55. The second-order valence-corrected chi connectivity index (χ2v) is 13.7. The average Bonchev–Trinajstić information content (AvgIpc) is 2.56. The van der Waals surface area contributed by atoms with Gasteiger partial charge in [-0.3, -0.25) is 0 Å². The summed E-state index contributed by atoms with van der Waals surface area (Å²) < 4.78 is 21.9. The van der Waals surface area contributed by atoms with Gasteiger partial charge in [-0.1, -0.05) is 0 Å². The minimum absolute atomic E-state index is 0.0172. The molecule has 0 aromatic rings. The topological polar surface area (TPSA) is 176 Å². The van der Waals surface area contributed by atoms with Gasteiger partial charge in [-0.05, 0) is 38.9 Å². The van der Waals surface area contributed by atoms with Crippen molar-refractivity contribution in [1.82, 2.24) is 0 Å². The molecule has 0 radical (unpaired) electrons. The zero-order chi connectivity index (χ0) is 18.7. The molecule has 0 aliphatic heterocycles. The van der Waals surface area contributed by atoms with Gasteiger partial charge in [0.1, 0.15) is 0 Å². The molecular formula is C11H33N3O7Si3. The van der Waals surface area contributed by atoms with E-state index in [1.807, 2.05) is 0 Å². The molecule has 0 rings (SSSR count). The Balaban J connectivity index is 5.29. The van der Waals surface area contributed by atoms with Gasteiger partial charge in [0, 0.05) is 32.4 Å². The molecule has 0 aromatic heterocycles. The molecule has 24 heavy (non-hydrogen) atoms. The van der Waals surface area contributed by atoms with Gasteiger partial charge in [-0.15, -0.1) is 0 Å². The second kappa shape index (κ2) is 11.8. The summed E-state index contributed by atoms with van der Waals surface area (Å²) in [6.07, 6.45) is 1.37. The van der Waals surface area contributed by atoms with E-state index in [2.05, 4.69) is 0 Å². The Morgan fingerprint density at radius 2 is 1.21 bits per heavy atom. The Labute approximate surface area is 146 Å². The first kappa shape index (κ1) is 24.3. The molecule has 2 unspecified atom stereocenters. The van der Waals surface area contributed by atoms with Gasteiger partial charge in [0.05, 0.1) is 0 Å². The van der Waals surface area contributed by atoms with Crippen LogP contribution in [0.5, 0.6) is 0 Å². The van der Waals surface area contributed by atoms with E-state index in [1.54, 1.807) is 0 Å². The van der Waals surface area contributed by atoms with E-state index in [-0.39, 0.29) is 18.1 Å². The Kier molecular flexibility index (Phi) is 11.9. The van der Waals surface area contributed by atoms with Crippen LogP contribution in [0.1, 0.15) is 19.3 Å². The first-order valence-electron chi connectivity index (χ1n) is 8.00. The Bertz CT molecular complexity index is 346. The molecule has 146 valence electrons. The van der Waals surface area contributed by atoms with Crippen molar-refractivity contribution in [2.45, 2.75) is 37.4 Å². The molecule has 10 nitrogen and oxygen atoms in total. The third-order valence-electron chi connectivity index (χ3n) is 3.35. The maximum atomic E-state index is 10.6. The fraction of sp³-hybridized carbons (Fsp3) is 1.00. The van der Waals surface area contributed by atoms with Crippen LogP contribution in [-0.2, 0) is 17.1 Å². The molecule has 0 amide bonds. The summed E-state index contributed by atoms with van der Waals surface area (Å²) in [4.78, 5) is 31.0. The highest BCUT2D eigenvalue weighted by molar-refractivity contribution is 6.79. The molecule has 0 fully saturated rings. The molecular weight excluding hydrogens is 370 g/mol. The van der Waals surface area contributed by atoms with Crippen LogP contribution in [0.3, 0.4) is 0 Å². The average molecular weight is 404 g/mol. The third kappa shape index (κ3) is 9.09. The van der Waals surface area contributed by atoms with E-state index in [1.165, 1.54) is 14.2 Å². The van der Waals surface area contributed by atoms with Gasteiger partial charge in [0.25, 0.3) is 0 Å². The van der Waals surface area contributed by atoms with Gasteiger partial charge >= 0.3 is 26.4 Å². The normalized spacial score (nSPS) is 17.5. The first-order chi connectivity index (χ1) is 11.2. The molecule has 0 bridgehead atoms. The lowest BCUT2D eigenvalue weighted by atomic mass is 10.5. The maximum absolute atomic E-state index is 10.6. The Morgan fingerprint density at radius 1 is 0.708 bits per heavy atom. The lowest BCUT2D eigenvalue weighted by Crippen LogP contribution is -2.62. The van der Waals surface area contributed by atoms with Crippen molar-refractivity contribution in [2.24, 2.45) is 17.2 Å². The van der Waals surface area contributed by atoms with Crippen LogP contribution in [0.4, 0.5) is 0 Å². The quantitative estimate of drug-likeness (QED) is 0.170. The van der Waals surface area contributed by atoms with E-state index < -0.39 is 26.4 Å². The number of nitrogens with two attached hydrogens (primary N) is 3. The largest absolute Gasteiger partial charge is 0.490 e. The summed E-state index contributed by atoms with van der Waals surface area (Å²) in [6.45, 7) is 1.01.